The monoisotopic (exact) mass is 312 g/mol. The topological polar surface area (TPSA) is 49.4 Å². The zero-order valence-corrected chi connectivity index (χ0v) is 14.6. The molecule has 2 aliphatic rings. The molecule has 2 atom stereocenters. The van der Waals surface area contributed by atoms with Gasteiger partial charge in [-0.15, -0.1) is 0 Å². The summed E-state index contributed by atoms with van der Waals surface area (Å²) in [4.78, 5) is 27.2. The summed E-state index contributed by atoms with van der Waals surface area (Å²) in [6.45, 7) is 8.93. The summed E-state index contributed by atoms with van der Waals surface area (Å²) in [7, 11) is 0. The first kappa shape index (κ1) is 16.7. The minimum atomic E-state index is -0.342. The minimum Gasteiger partial charge on any atom is -0.342 e. The molecule has 0 aromatic heterocycles. The SMILES string of the molecule is CSC1(CN2C(=O)C(CC(C)C)NC(=O)C2C(C)C)CC1. The lowest BCUT2D eigenvalue weighted by Crippen LogP contribution is -2.66. The lowest BCUT2D eigenvalue weighted by atomic mass is 9.93. The van der Waals surface area contributed by atoms with E-state index in [1.165, 1.54) is 0 Å². The molecule has 2 unspecified atom stereocenters. The van der Waals surface area contributed by atoms with Crippen LogP contribution in [0.4, 0.5) is 0 Å². The molecule has 0 aromatic rings. The highest BCUT2D eigenvalue weighted by atomic mass is 32.2. The maximum Gasteiger partial charge on any atom is 0.245 e. The first-order valence-corrected chi connectivity index (χ1v) is 9.18. The van der Waals surface area contributed by atoms with Crippen molar-refractivity contribution >= 4 is 23.6 Å². The summed E-state index contributed by atoms with van der Waals surface area (Å²) in [6, 6.07) is -0.657. The normalized spacial score (nSPS) is 28.2. The molecule has 4 nitrogen and oxygen atoms in total. The molecule has 5 heteroatoms. The van der Waals surface area contributed by atoms with Gasteiger partial charge >= 0.3 is 0 Å². The van der Waals surface area contributed by atoms with Crippen LogP contribution >= 0.6 is 11.8 Å². The van der Waals surface area contributed by atoms with Crippen LogP contribution < -0.4 is 5.32 Å². The van der Waals surface area contributed by atoms with Gasteiger partial charge < -0.3 is 10.2 Å². The fourth-order valence-corrected chi connectivity index (χ4v) is 3.92. The maximum atomic E-state index is 12.8. The standard InChI is InChI=1S/C16H28N2O2S/c1-10(2)8-12-15(20)18(9-16(21-5)6-7-16)13(11(3)4)14(19)17-12/h10-13H,6-9H2,1-5H3,(H,17,19). The number of hydrogen-bond donors (Lipinski definition) is 1. The van der Waals surface area contributed by atoms with E-state index in [0.29, 0.717) is 5.92 Å². The average Bonchev–Trinajstić information content (AvgIpc) is 3.14. The summed E-state index contributed by atoms with van der Waals surface area (Å²) in [6.07, 6.45) is 5.13. The highest BCUT2D eigenvalue weighted by molar-refractivity contribution is 8.00. The van der Waals surface area contributed by atoms with Crippen molar-refractivity contribution in [2.45, 2.75) is 63.8 Å². The third-order valence-electron chi connectivity index (χ3n) is 4.54. The Labute approximate surface area is 132 Å². The highest BCUT2D eigenvalue weighted by Gasteiger charge is 2.49. The van der Waals surface area contributed by atoms with Gasteiger partial charge in [0.05, 0.1) is 0 Å². The highest BCUT2D eigenvalue weighted by Crippen LogP contribution is 2.48. The van der Waals surface area contributed by atoms with Gasteiger partial charge in [-0.3, -0.25) is 9.59 Å². The van der Waals surface area contributed by atoms with Crippen LogP contribution in [0.1, 0.15) is 47.0 Å². The Balaban J connectivity index is 2.20. The summed E-state index contributed by atoms with van der Waals surface area (Å²) in [5, 5.41) is 2.95. The number of thioether (sulfide) groups is 1. The molecule has 0 aromatic carbocycles. The smallest absolute Gasteiger partial charge is 0.245 e. The van der Waals surface area contributed by atoms with Crippen molar-refractivity contribution in [3.8, 4) is 0 Å². The van der Waals surface area contributed by atoms with Crippen molar-refractivity contribution in [2.75, 3.05) is 12.8 Å². The second-order valence-electron chi connectivity index (χ2n) is 7.23. The van der Waals surface area contributed by atoms with Crippen LogP contribution in [-0.2, 0) is 9.59 Å². The van der Waals surface area contributed by atoms with Crippen LogP contribution in [-0.4, -0.2) is 46.3 Å². The van der Waals surface area contributed by atoms with Crippen LogP contribution in [0, 0.1) is 11.8 Å². The molecule has 1 heterocycles. The Morgan fingerprint density at radius 1 is 1.29 bits per heavy atom. The number of carbonyl (C=O) groups excluding carboxylic acids is 2. The third kappa shape index (κ3) is 3.55. The third-order valence-corrected chi connectivity index (χ3v) is 5.94. The lowest BCUT2D eigenvalue weighted by molar-refractivity contribution is -0.151. The van der Waals surface area contributed by atoms with Crippen molar-refractivity contribution in [2.24, 2.45) is 11.8 Å². The second-order valence-corrected chi connectivity index (χ2v) is 8.51. The quantitative estimate of drug-likeness (QED) is 0.818. The molecule has 1 saturated heterocycles. The van der Waals surface area contributed by atoms with Crippen LogP contribution in [0.25, 0.3) is 0 Å². The minimum absolute atomic E-state index is 0.0205. The van der Waals surface area contributed by atoms with Crippen molar-refractivity contribution in [3.05, 3.63) is 0 Å². The van der Waals surface area contributed by atoms with E-state index in [-0.39, 0.29) is 34.6 Å². The molecule has 1 N–H and O–H groups in total. The van der Waals surface area contributed by atoms with E-state index >= 15 is 0 Å². The number of piperazine rings is 1. The Kier molecular flexibility index (Phi) is 4.91. The summed E-state index contributed by atoms with van der Waals surface area (Å²) in [5.41, 5.74) is 0. The zero-order chi connectivity index (χ0) is 15.8. The fourth-order valence-electron chi connectivity index (χ4n) is 3.14. The molecule has 0 bridgehead atoms. The second kappa shape index (κ2) is 6.19. The first-order chi connectivity index (χ1) is 9.79. The molecule has 1 aliphatic heterocycles. The molecule has 0 spiro atoms. The Morgan fingerprint density at radius 3 is 2.33 bits per heavy atom. The average molecular weight is 312 g/mol. The van der Waals surface area contributed by atoms with Crippen molar-refractivity contribution in [3.63, 3.8) is 0 Å². The van der Waals surface area contributed by atoms with Gasteiger partial charge in [0.25, 0.3) is 0 Å². The molecule has 2 amide bonds. The van der Waals surface area contributed by atoms with Gasteiger partial charge in [0, 0.05) is 11.3 Å². The Morgan fingerprint density at radius 2 is 1.90 bits per heavy atom. The number of rotatable bonds is 6. The zero-order valence-electron chi connectivity index (χ0n) is 13.8. The van der Waals surface area contributed by atoms with Crippen LogP contribution in [0.3, 0.4) is 0 Å². The van der Waals surface area contributed by atoms with E-state index in [4.69, 9.17) is 0 Å². The van der Waals surface area contributed by atoms with Crippen LogP contribution in [0.5, 0.6) is 0 Å². The van der Waals surface area contributed by atoms with Gasteiger partial charge in [-0.2, -0.15) is 11.8 Å². The molecular formula is C16H28N2O2S. The van der Waals surface area contributed by atoms with Crippen molar-refractivity contribution in [1.82, 2.24) is 10.2 Å². The van der Waals surface area contributed by atoms with Crippen molar-refractivity contribution in [1.29, 1.82) is 0 Å². The van der Waals surface area contributed by atoms with Gasteiger partial charge in [-0.1, -0.05) is 27.7 Å². The molecule has 2 fully saturated rings. The summed E-state index contributed by atoms with van der Waals surface area (Å²) < 4.78 is 0.197. The number of nitrogens with zero attached hydrogens (tertiary/aromatic N) is 1. The van der Waals surface area contributed by atoms with Crippen LogP contribution in [0.15, 0.2) is 0 Å². The molecule has 120 valence electrons. The van der Waals surface area contributed by atoms with Gasteiger partial charge in [-0.25, -0.2) is 0 Å². The fraction of sp³-hybridized carbons (Fsp3) is 0.875. The molecule has 2 rings (SSSR count). The number of hydrogen-bond acceptors (Lipinski definition) is 3. The summed E-state index contributed by atoms with van der Waals surface area (Å²) >= 11 is 1.84. The maximum absolute atomic E-state index is 12.8. The van der Waals surface area contributed by atoms with Gasteiger partial charge in [0.1, 0.15) is 12.1 Å². The lowest BCUT2D eigenvalue weighted by Gasteiger charge is -2.42. The van der Waals surface area contributed by atoms with E-state index in [1.807, 2.05) is 30.5 Å². The van der Waals surface area contributed by atoms with Gasteiger partial charge in [-0.05, 0) is 37.4 Å². The van der Waals surface area contributed by atoms with E-state index in [0.717, 1.165) is 25.8 Å². The molecule has 21 heavy (non-hydrogen) atoms. The van der Waals surface area contributed by atoms with E-state index in [9.17, 15) is 9.59 Å². The Hall–Kier alpha value is -0.710. The molecule has 1 saturated carbocycles. The largest absolute Gasteiger partial charge is 0.342 e. The summed E-state index contributed by atoms with van der Waals surface area (Å²) in [5.74, 6) is 0.674. The van der Waals surface area contributed by atoms with E-state index in [2.05, 4.69) is 25.4 Å². The molecule has 0 radical (unpaired) electrons. The van der Waals surface area contributed by atoms with Crippen molar-refractivity contribution < 1.29 is 9.59 Å². The first-order valence-electron chi connectivity index (χ1n) is 7.95. The molecule has 1 aliphatic carbocycles. The number of amides is 2. The number of carbonyl (C=O) groups is 2. The molecular weight excluding hydrogens is 284 g/mol. The van der Waals surface area contributed by atoms with Crippen LogP contribution in [0.2, 0.25) is 0 Å². The van der Waals surface area contributed by atoms with Gasteiger partial charge in [0.15, 0.2) is 0 Å². The van der Waals surface area contributed by atoms with Gasteiger partial charge in [0.2, 0.25) is 11.8 Å². The number of nitrogens with one attached hydrogen (secondary N) is 1. The van der Waals surface area contributed by atoms with E-state index < -0.39 is 0 Å². The predicted octanol–water partition coefficient (Wildman–Crippen LogP) is 2.28. The predicted molar refractivity (Wildman–Crippen MR) is 87.2 cm³/mol. The van der Waals surface area contributed by atoms with E-state index in [1.54, 1.807) is 0 Å². The Bertz CT molecular complexity index is 419.